The topological polar surface area (TPSA) is 118 Å². The number of halogens is 4. The maximum Gasteiger partial charge on any atom is 0.433 e. The average molecular weight is 472 g/mol. The van der Waals surface area contributed by atoms with Gasteiger partial charge in [-0.25, -0.2) is 14.1 Å². The second kappa shape index (κ2) is 7.75. The number of aromatic amines is 1. The molecular formula is C21H16F4N8O. The van der Waals surface area contributed by atoms with Crippen molar-refractivity contribution in [2.24, 2.45) is 0 Å². The fraction of sp³-hybridized carbons (Fsp3) is 0.333. The van der Waals surface area contributed by atoms with Crippen LogP contribution in [0.15, 0.2) is 35.5 Å². The summed E-state index contributed by atoms with van der Waals surface area (Å²) in [6.45, 7) is 1.65. The van der Waals surface area contributed by atoms with Crippen LogP contribution in [0.2, 0.25) is 0 Å². The standard InChI is InChI=1S/C21H16F4N8O/c1-10(11-2-5-16(27-7-11)21(23,24)25)33-19-17(14(6-26)31-33)20(34)30-18(29-19)13-3-4-15(13)32-9-12(22)8-28-32/h2,5,7-10,13,15H,3-4H2,1H3,(H,29,30,34)/t10-,13?,15?/m0/s1. The second-order valence-corrected chi connectivity index (χ2v) is 8.10. The van der Waals surface area contributed by atoms with Crippen LogP contribution >= 0.6 is 0 Å². The van der Waals surface area contributed by atoms with Crippen LogP contribution in [0, 0.1) is 17.1 Å². The summed E-state index contributed by atoms with van der Waals surface area (Å²) >= 11 is 0. The molecule has 9 nitrogen and oxygen atoms in total. The minimum atomic E-state index is -4.57. The van der Waals surface area contributed by atoms with E-state index in [2.05, 4.69) is 25.1 Å². The third-order valence-corrected chi connectivity index (χ3v) is 6.11. The Morgan fingerprint density at radius 1 is 1.26 bits per heavy atom. The van der Waals surface area contributed by atoms with Gasteiger partial charge in [0.2, 0.25) is 0 Å². The summed E-state index contributed by atoms with van der Waals surface area (Å²) in [5.41, 5.74) is -1.23. The van der Waals surface area contributed by atoms with Crippen molar-refractivity contribution in [3.8, 4) is 6.07 Å². The number of alkyl halides is 3. The number of nitrogens with one attached hydrogen (secondary N) is 1. The molecule has 34 heavy (non-hydrogen) atoms. The van der Waals surface area contributed by atoms with Crippen molar-refractivity contribution in [3.05, 3.63) is 69.7 Å². The lowest BCUT2D eigenvalue weighted by molar-refractivity contribution is -0.141. The first kappa shape index (κ1) is 21.7. The van der Waals surface area contributed by atoms with Crippen LogP contribution in [0.3, 0.4) is 0 Å². The Morgan fingerprint density at radius 2 is 2.06 bits per heavy atom. The summed E-state index contributed by atoms with van der Waals surface area (Å²) in [6.07, 6.45) is 0.264. The van der Waals surface area contributed by atoms with Crippen molar-refractivity contribution in [1.82, 2.24) is 34.5 Å². The lowest BCUT2D eigenvalue weighted by Gasteiger charge is -2.35. The fourth-order valence-corrected chi connectivity index (χ4v) is 4.16. The van der Waals surface area contributed by atoms with Crippen molar-refractivity contribution >= 4 is 11.0 Å². The summed E-state index contributed by atoms with van der Waals surface area (Å²) in [7, 11) is 0. The zero-order chi connectivity index (χ0) is 24.2. The van der Waals surface area contributed by atoms with Crippen molar-refractivity contribution in [3.63, 3.8) is 0 Å². The summed E-state index contributed by atoms with van der Waals surface area (Å²) < 4.78 is 54.8. The van der Waals surface area contributed by atoms with E-state index in [0.717, 1.165) is 18.5 Å². The second-order valence-electron chi connectivity index (χ2n) is 8.10. The smallest absolute Gasteiger partial charge is 0.309 e. The number of H-pyrrole nitrogens is 1. The molecule has 0 saturated heterocycles. The van der Waals surface area contributed by atoms with Crippen molar-refractivity contribution < 1.29 is 17.6 Å². The number of nitrogens with zero attached hydrogens (tertiary/aromatic N) is 7. The zero-order valence-electron chi connectivity index (χ0n) is 17.6. The number of rotatable bonds is 4. The molecule has 4 aromatic heterocycles. The molecule has 0 aromatic carbocycles. The molecule has 0 bridgehead atoms. The Hall–Kier alpha value is -4.08. The highest BCUT2D eigenvalue weighted by molar-refractivity contribution is 5.80. The Balaban J connectivity index is 1.57. The Kier molecular flexibility index (Phi) is 4.96. The highest BCUT2D eigenvalue weighted by atomic mass is 19.4. The van der Waals surface area contributed by atoms with Gasteiger partial charge in [-0.2, -0.15) is 28.6 Å². The number of aromatic nitrogens is 7. The molecule has 0 spiro atoms. The molecule has 2 unspecified atom stereocenters. The Bertz CT molecular complexity index is 1480. The van der Waals surface area contributed by atoms with Gasteiger partial charge in [0.05, 0.1) is 24.5 Å². The van der Waals surface area contributed by atoms with Gasteiger partial charge in [0.15, 0.2) is 17.2 Å². The third kappa shape index (κ3) is 3.51. The molecule has 1 fully saturated rings. The largest absolute Gasteiger partial charge is 0.433 e. The van der Waals surface area contributed by atoms with Crippen LogP contribution in [-0.2, 0) is 6.18 Å². The predicted molar refractivity (Wildman–Crippen MR) is 109 cm³/mol. The van der Waals surface area contributed by atoms with Gasteiger partial charge >= 0.3 is 6.18 Å². The zero-order valence-corrected chi connectivity index (χ0v) is 17.6. The monoisotopic (exact) mass is 472 g/mol. The Morgan fingerprint density at radius 3 is 2.62 bits per heavy atom. The molecule has 1 aliphatic carbocycles. The van der Waals surface area contributed by atoms with E-state index in [1.54, 1.807) is 6.92 Å². The SMILES string of the molecule is C[C@@H](c1ccc(C(F)(F)F)nc1)n1nc(C#N)c2c(=O)[nH]c(C3CCC3n3cc(F)cn3)nc21. The van der Waals surface area contributed by atoms with E-state index in [4.69, 9.17) is 0 Å². The van der Waals surface area contributed by atoms with Crippen molar-refractivity contribution in [2.75, 3.05) is 0 Å². The van der Waals surface area contributed by atoms with E-state index in [-0.39, 0.29) is 28.7 Å². The number of fused-ring (bicyclic) bond motifs is 1. The quantitative estimate of drug-likeness (QED) is 0.455. The molecule has 0 aliphatic heterocycles. The first-order valence-corrected chi connectivity index (χ1v) is 10.3. The minimum Gasteiger partial charge on any atom is -0.309 e. The van der Waals surface area contributed by atoms with Gasteiger partial charge in [0, 0.05) is 12.1 Å². The van der Waals surface area contributed by atoms with Crippen molar-refractivity contribution in [1.29, 1.82) is 5.26 Å². The molecule has 0 amide bonds. The molecule has 1 aliphatic rings. The molecular weight excluding hydrogens is 456 g/mol. The van der Waals surface area contributed by atoms with Crippen LogP contribution in [0.1, 0.15) is 60.5 Å². The van der Waals surface area contributed by atoms with Crippen LogP contribution in [0.5, 0.6) is 0 Å². The van der Waals surface area contributed by atoms with Gasteiger partial charge in [-0.05, 0) is 31.4 Å². The number of pyridine rings is 1. The molecule has 5 rings (SSSR count). The number of hydrogen-bond donors (Lipinski definition) is 1. The van der Waals surface area contributed by atoms with Gasteiger partial charge in [0.1, 0.15) is 23.0 Å². The van der Waals surface area contributed by atoms with Gasteiger partial charge in [-0.3, -0.25) is 14.5 Å². The highest BCUT2D eigenvalue weighted by Crippen LogP contribution is 2.44. The molecule has 13 heteroatoms. The van der Waals surface area contributed by atoms with Crippen molar-refractivity contribution in [2.45, 2.75) is 43.9 Å². The normalized spacial score (nSPS) is 19.1. The molecule has 4 aromatic rings. The fourth-order valence-electron chi connectivity index (χ4n) is 4.16. The average Bonchev–Trinajstić information content (AvgIpc) is 3.35. The predicted octanol–water partition coefficient (Wildman–Crippen LogP) is 3.47. The molecule has 174 valence electrons. The molecule has 4 heterocycles. The minimum absolute atomic E-state index is 0.0148. The Labute approximate surface area is 188 Å². The van der Waals surface area contributed by atoms with Gasteiger partial charge < -0.3 is 4.98 Å². The van der Waals surface area contributed by atoms with Gasteiger partial charge in [-0.15, -0.1) is 0 Å². The molecule has 1 N–H and O–H groups in total. The number of nitriles is 1. The summed E-state index contributed by atoms with van der Waals surface area (Å²) in [4.78, 5) is 23.6. The lowest BCUT2D eigenvalue weighted by atomic mass is 9.79. The summed E-state index contributed by atoms with van der Waals surface area (Å²) in [5, 5.41) is 17.7. The van der Waals surface area contributed by atoms with Crippen LogP contribution < -0.4 is 5.56 Å². The molecule has 1 saturated carbocycles. The van der Waals surface area contributed by atoms with Crippen LogP contribution in [0.25, 0.3) is 11.0 Å². The number of hydrogen-bond acceptors (Lipinski definition) is 6. The van der Waals surface area contributed by atoms with E-state index in [9.17, 15) is 27.6 Å². The van der Waals surface area contributed by atoms with E-state index in [0.29, 0.717) is 24.2 Å². The van der Waals surface area contributed by atoms with E-state index in [1.165, 1.54) is 21.6 Å². The maximum absolute atomic E-state index is 13.4. The third-order valence-electron chi connectivity index (χ3n) is 6.11. The van der Waals surface area contributed by atoms with Gasteiger partial charge in [0.25, 0.3) is 5.56 Å². The first-order valence-electron chi connectivity index (χ1n) is 10.3. The maximum atomic E-state index is 13.4. The lowest BCUT2D eigenvalue weighted by Crippen LogP contribution is -2.30. The van der Waals surface area contributed by atoms with Gasteiger partial charge in [-0.1, -0.05) is 6.07 Å². The first-order chi connectivity index (χ1) is 16.2. The molecule has 3 atom stereocenters. The summed E-state index contributed by atoms with van der Waals surface area (Å²) in [6, 6.07) is 3.12. The van der Waals surface area contributed by atoms with E-state index >= 15 is 0 Å². The van der Waals surface area contributed by atoms with Crippen LogP contribution in [-0.4, -0.2) is 34.5 Å². The highest BCUT2D eigenvalue weighted by Gasteiger charge is 2.37. The van der Waals surface area contributed by atoms with Crippen LogP contribution in [0.4, 0.5) is 17.6 Å². The van der Waals surface area contributed by atoms with E-state index in [1.807, 2.05) is 6.07 Å². The van der Waals surface area contributed by atoms with E-state index < -0.39 is 29.3 Å². The summed E-state index contributed by atoms with van der Waals surface area (Å²) in [5.74, 6) is -0.375. The molecule has 0 radical (unpaired) electrons.